The molecule has 3 nitrogen and oxygen atoms in total. The number of ether oxygens (including phenoxy) is 1. The molecule has 16 heavy (non-hydrogen) atoms. The van der Waals surface area contributed by atoms with E-state index in [4.69, 9.17) is 4.74 Å². The van der Waals surface area contributed by atoms with Gasteiger partial charge in [-0.15, -0.1) is 0 Å². The molecule has 0 saturated heterocycles. The predicted octanol–water partition coefficient (Wildman–Crippen LogP) is 3.11. The van der Waals surface area contributed by atoms with E-state index in [2.05, 4.69) is 4.98 Å². The van der Waals surface area contributed by atoms with E-state index in [9.17, 15) is 13.6 Å². The summed E-state index contributed by atoms with van der Waals surface area (Å²) in [5.74, 6) is -0.677. The molecule has 1 heterocycles. The molecule has 1 aromatic rings. The standard InChI is InChI=1S/C10H10F2INO2/c1-3-16-10(15)7-4-6(9(11)12)8(13)5(2)14-7/h4,9H,3H2,1-2H3. The summed E-state index contributed by atoms with van der Waals surface area (Å²) in [6.07, 6.45) is -2.62. The molecule has 0 fully saturated rings. The zero-order valence-electron chi connectivity index (χ0n) is 8.76. The molecule has 0 saturated carbocycles. The maximum absolute atomic E-state index is 12.7. The van der Waals surface area contributed by atoms with Gasteiger partial charge in [0, 0.05) is 9.13 Å². The number of esters is 1. The minimum Gasteiger partial charge on any atom is -0.461 e. The van der Waals surface area contributed by atoms with Gasteiger partial charge in [-0.1, -0.05) is 0 Å². The lowest BCUT2D eigenvalue weighted by molar-refractivity contribution is 0.0518. The largest absolute Gasteiger partial charge is 0.461 e. The predicted molar refractivity (Wildman–Crippen MR) is 62.6 cm³/mol. The fourth-order valence-electron chi connectivity index (χ4n) is 1.15. The monoisotopic (exact) mass is 341 g/mol. The smallest absolute Gasteiger partial charge is 0.356 e. The van der Waals surface area contributed by atoms with Gasteiger partial charge in [-0.2, -0.15) is 0 Å². The quantitative estimate of drug-likeness (QED) is 0.627. The number of hydrogen-bond acceptors (Lipinski definition) is 3. The van der Waals surface area contributed by atoms with E-state index in [1.807, 2.05) is 0 Å². The number of aromatic nitrogens is 1. The summed E-state index contributed by atoms with van der Waals surface area (Å²) in [6.45, 7) is 3.41. The molecule has 1 aromatic heterocycles. The first kappa shape index (κ1) is 13.3. The molecule has 88 valence electrons. The second-order valence-corrected chi connectivity index (χ2v) is 4.10. The summed E-state index contributed by atoms with van der Waals surface area (Å²) < 4.78 is 30.4. The number of pyridine rings is 1. The van der Waals surface area contributed by atoms with Crippen molar-refractivity contribution >= 4 is 28.6 Å². The summed E-state index contributed by atoms with van der Waals surface area (Å²) >= 11 is 1.79. The third kappa shape index (κ3) is 2.87. The molecule has 0 N–H and O–H groups in total. The summed E-state index contributed by atoms with van der Waals surface area (Å²) in [4.78, 5) is 15.3. The Hall–Kier alpha value is -0.790. The molecule has 0 radical (unpaired) electrons. The fourth-order valence-corrected chi connectivity index (χ4v) is 1.66. The van der Waals surface area contributed by atoms with Crippen LogP contribution in [0.3, 0.4) is 0 Å². The molecule has 0 aromatic carbocycles. The van der Waals surface area contributed by atoms with Crippen molar-refractivity contribution in [2.45, 2.75) is 20.3 Å². The SMILES string of the molecule is CCOC(=O)c1cc(C(F)F)c(I)c(C)n1. The molecule has 0 unspecified atom stereocenters. The number of rotatable bonds is 3. The number of nitrogens with zero attached hydrogens (tertiary/aromatic N) is 1. The topological polar surface area (TPSA) is 39.2 Å². The molecule has 0 spiro atoms. The first-order valence-corrected chi connectivity index (χ1v) is 5.67. The van der Waals surface area contributed by atoms with Crippen LogP contribution >= 0.6 is 22.6 Å². The Morgan fingerprint density at radius 3 is 2.75 bits per heavy atom. The summed E-state index contributed by atoms with van der Waals surface area (Å²) in [5, 5.41) is 0. The zero-order valence-corrected chi connectivity index (χ0v) is 10.9. The van der Waals surface area contributed by atoms with Gasteiger partial charge in [0.2, 0.25) is 0 Å². The molecule has 0 amide bonds. The number of aryl methyl sites for hydroxylation is 1. The molecule has 0 aliphatic rings. The van der Waals surface area contributed by atoms with Gasteiger partial charge in [0.05, 0.1) is 12.3 Å². The van der Waals surface area contributed by atoms with Gasteiger partial charge in [0.1, 0.15) is 5.69 Å². The van der Waals surface area contributed by atoms with Crippen LogP contribution in [0.25, 0.3) is 0 Å². The fraction of sp³-hybridized carbons (Fsp3) is 0.400. The van der Waals surface area contributed by atoms with E-state index in [1.54, 1.807) is 36.4 Å². The number of halogens is 3. The van der Waals surface area contributed by atoms with E-state index >= 15 is 0 Å². The van der Waals surface area contributed by atoms with Crippen LogP contribution in [0.15, 0.2) is 6.07 Å². The van der Waals surface area contributed by atoms with Crippen LogP contribution in [0.2, 0.25) is 0 Å². The molecule has 1 rings (SSSR count). The molecule has 0 aliphatic carbocycles. The van der Waals surface area contributed by atoms with E-state index in [-0.39, 0.29) is 17.9 Å². The zero-order chi connectivity index (χ0) is 12.3. The van der Waals surface area contributed by atoms with Gasteiger partial charge in [-0.05, 0) is 42.5 Å². The lowest BCUT2D eigenvalue weighted by Gasteiger charge is -2.08. The molecule has 0 atom stereocenters. The van der Waals surface area contributed by atoms with Crippen LogP contribution < -0.4 is 0 Å². The number of carbonyl (C=O) groups excluding carboxylic acids is 1. The number of carbonyl (C=O) groups is 1. The van der Waals surface area contributed by atoms with Crippen molar-refractivity contribution in [2.24, 2.45) is 0 Å². The van der Waals surface area contributed by atoms with Gasteiger partial charge in [-0.25, -0.2) is 18.6 Å². The maximum atomic E-state index is 12.7. The number of hydrogen-bond donors (Lipinski definition) is 0. The van der Waals surface area contributed by atoms with E-state index in [0.29, 0.717) is 9.26 Å². The average Bonchev–Trinajstić information content (AvgIpc) is 2.21. The Labute approximate surface area is 105 Å². The highest BCUT2D eigenvalue weighted by molar-refractivity contribution is 14.1. The molecule has 6 heteroatoms. The minimum absolute atomic E-state index is 0.0740. The Balaban J connectivity index is 3.18. The molecular weight excluding hydrogens is 331 g/mol. The Kier molecular flexibility index (Phi) is 4.57. The van der Waals surface area contributed by atoms with Crippen molar-refractivity contribution in [3.8, 4) is 0 Å². The van der Waals surface area contributed by atoms with Crippen LogP contribution in [0.1, 0.15) is 35.1 Å². The third-order valence-electron chi connectivity index (χ3n) is 1.87. The minimum atomic E-state index is -2.62. The maximum Gasteiger partial charge on any atom is 0.356 e. The van der Waals surface area contributed by atoms with E-state index in [1.165, 1.54) is 0 Å². The highest BCUT2D eigenvalue weighted by Crippen LogP contribution is 2.26. The highest BCUT2D eigenvalue weighted by Gasteiger charge is 2.19. The second-order valence-electron chi connectivity index (χ2n) is 3.02. The van der Waals surface area contributed by atoms with Crippen LogP contribution in [-0.2, 0) is 4.74 Å². The van der Waals surface area contributed by atoms with Gasteiger partial charge < -0.3 is 4.74 Å². The average molecular weight is 341 g/mol. The second kappa shape index (κ2) is 5.51. The van der Waals surface area contributed by atoms with Crippen molar-refractivity contribution in [1.82, 2.24) is 4.98 Å². The first-order chi connectivity index (χ1) is 7.47. The van der Waals surface area contributed by atoms with Crippen molar-refractivity contribution in [3.05, 3.63) is 26.6 Å². The molecular formula is C10H10F2INO2. The van der Waals surface area contributed by atoms with Crippen molar-refractivity contribution < 1.29 is 18.3 Å². The van der Waals surface area contributed by atoms with Crippen molar-refractivity contribution in [3.63, 3.8) is 0 Å². The molecule has 0 bridgehead atoms. The van der Waals surface area contributed by atoms with E-state index in [0.717, 1.165) is 6.07 Å². The van der Waals surface area contributed by atoms with Crippen LogP contribution in [0.4, 0.5) is 8.78 Å². The lowest BCUT2D eigenvalue weighted by Crippen LogP contribution is -2.10. The Morgan fingerprint density at radius 1 is 1.62 bits per heavy atom. The van der Waals surface area contributed by atoms with Crippen molar-refractivity contribution in [1.29, 1.82) is 0 Å². The lowest BCUT2D eigenvalue weighted by atomic mass is 10.2. The number of alkyl halides is 2. The Morgan fingerprint density at radius 2 is 2.25 bits per heavy atom. The van der Waals surface area contributed by atoms with Crippen molar-refractivity contribution in [2.75, 3.05) is 6.61 Å². The summed E-state index contributed by atoms with van der Waals surface area (Å²) in [5.41, 5.74) is 0.146. The van der Waals surface area contributed by atoms with Crippen LogP contribution in [0.5, 0.6) is 0 Å². The molecule has 0 aliphatic heterocycles. The third-order valence-corrected chi connectivity index (χ3v) is 3.27. The van der Waals surface area contributed by atoms with Gasteiger partial charge in [-0.3, -0.25) is 0 Å². The van der Waals surface area contributed by atoms with Crippen LogP contribution in [0, 0.1) is 10.5 Å². The summed E-state index contributed by atoms with van der Waals surface area (Å²) in [7, 11) is 0. The summed E-state index contributed by atoms with van der Waals surface area (Å²) in [6, 6.07) is 1.08. The van der Waals surface area contributed by atoms with Gasteiger partial charge in [0.25, 0.3) is 6.43 Å². The van der Waals surface area contributed by atoms with Gasteiger partial charge in [0.15, 0.2) is 0 Å². The normalized spacial score (nSPS) is 10.6. The van der Waals surface area contributed by atoms with E-state index < -0.39 is 12.4 Å². The Bertz CT molecular complexity index is 410. The van der Waals surface area contributed by atoms with Gasteiger partial charge >= 0.3 is 5.97 Å². The highest BCUT2D eigenvalue weighted by atomic mass is 127. The van der Waals surface area contributed by atoms with Crippen LogP contribution in [-0.4, -0.2) is 17.6 Å². The first-order valence-electron chi connectivity index (χ1n) is 4.59.